The van der Waals surface area contributed by atoms with Crippen molar-refractivity contribution in [2.24, 2.45) is 7.05 Å². The van der Waals surface area contributed by atoms with Gasteiger partial charge in [-0.25, -0.2) is 0 Å². The van der Waals surface area contributed by atoms with Crippen molar-refractivity contribution >= 4 is 17.7 Å². The summed E-state index contributed by atoms with van der Waals surface area (Å²) in [5, 5.41) is 11.4. The van der Waals surface area contributed by atoms with Gasteiger partial charge in [0.05, 0.1) is 11.8 Å². The minimum Gasteiger partial charge on any atom is -0.349 e. The minimum absolute atomic E-state index is 0.00814. The van der Waals surface area contributed by atoms with Crippen molar-refractivity contribution in [2.75, 3.05) is 5.75 Å². The van der Waals surface area contributed by atoms with Crippen LogP contribution in [0.3, 0.4) is 0 Å². The summed E-state index contributed by atoms with van der Waals surface area (Å²) in [5.74, 6) is 0.327. The largest absolute Gasteiger partial charge is 0.349 e. The molecule has 0 unspecified atom stereocenters. The highest BCUT2D eigenvalue weighted by molar-refractivity contribution is 7.99. The molecular weight excluding hydrogens is 260 g/mol. The van der Waals surface area contributed by atoms with E-state index in [1.807, 2.05) is 44.3 Å². The zero-order chi connectivity index (χ0) is 13.7. The molecule has 1 atom stereocenters. The average molecular weight is 276 g/mol. The van der Waals surface area contributed by atoms with Gasteiger partial charge in [0.15, 0.2) is 5.16 Å². The van der Waals surface area contributed by atoms with E-state index in [0.29, 0.717) is 5.75 Å². The molecule has 2 rings (SSSR count). The molecule has 0 radical (unpaired) electrons. The van der Waals surface area contributed by atoms with E-state index >= 15 is 0 Å². The van der Waals surface area contributed by atoms with Gasteiger partial charge in [-0.05, 0) is 12.5 Å². The predicted octanol–water partition coefficient (Wildman–Crippen LogP) is 1.78. The maximum Gasteiger partial charge on any atom is 0.230 e. The standard InChI is InChI=1S/C13H16N4OS/c1-10(11-6-4-3-5-7-11)15-12(18)8-19-13-16-14-9-17(13)2/h3-7,9-10H,8H2,1-2H3,(H,15,18)/t10-/m0/s1. The Labute approximate surface area is 116 Å². The van der Waals surface area contributed by atoms with Gasteiger partial charge in [0.25, 0.3) is 0 Å². The van der Waals surface area contributed by atoms with Crippen LogP contribution in [0, 0.1) is 0 Å². The fraction of sp³-hybridized carbons (Fsp3) is 0.308. The van der Waals surface area contributed by atoms with Crippen molar-refractivity contribution in [3.63, 3.8) is 0 Å². The molecule has 0 aliphatic carbocycles. The normalized spacial score (nSPS) is 12.1. The van der Waals surface area contributed by atoms with Crippen LogP contribution < -0.4 is 5.32 Å². The summed E-state index contributed by atoms with van der Waals surface area (Å²) in [6, 6.07) is 9.90. The number of hydrogen-bond acceptors (Lipinski definition) is 4. The van der Waals surface area contributed by atoms with Crippen LogP contribution in [-0.4, -0.2) is 26.4 Å². The molecule has 5 nitrogen and oxygen atoms in total. The minimum atomic E-state index is -0.00986. The van der Waals surface area contributed by atoms with Crippen LogP contribution in [0.25, 0.3) is 0 Å². The molecule has 0 saturated heterocycles. The van der Waals surface area contributed by atoms with Crippen molar-refractivity contribution < 1.29 is 4.79 Å². The molecule has 6 heteroatoms. The SMILES string of the molecule is C[C@H](NC(=O)CSc1nncn1C)c1ccccc1. The molecule has 1 heterocycles. The van der Waals surface area contributed by atoms with Crippen LogP contribution >= 0.6 is 11.8 Å². The summed E-state index contributed by atoms with van der Waals surface area (Å²) in [6.07, 6.45) is 1.62. The van der Waals surface area contributed by atoms with Crippen molar-refractivity contribution in [1.29, 1.82) is 0 Å². The van der Waals surface area contributed by atoms with E-state index in [2.05, 4.69) is 15.5 Å². The molecule has 0 aliphatic heterocycles. The summed E-state index contributed by atoms with van der Waals surface area (Å²) in [4.78, 5) is 11.8. The third-order valence-electron chi connectivity index (χ3n) is 2.68. The molecule has 0 aliphatic rings. The number of hydrogen-bond donors (Lipinski definition) is 1. The Kier molecular flexibility index (Phi) is 4.57. The van der Waals surface area contributed by atoms with Gasteiger partial charge in [0, 0.05) is 7.05 Å². The average Bonchev–Trinajstić information content (AvgIpc) is 2.83. The van der Waals surface area contributed by atoms with Crippen LogP contribution in [0.2, 0.25) is 0 Å². The van der Waals surface area contributed by atoms with E-state index in [0.717, 1.165) is 10.7 Å². The maximum atomic E-state index is 11.8. The monoisotopic (exact) mass is 276 g/mol. The molecule has 0 spiro atoms. The summed E-state index contributed by atoms with van der Waals surface area (Å²) >= 11 is 1.38. The van der Waals surface area contributed by atoms with Gasteiger partial charge in [-0.3, -0.25) is 4.79 Å². The highest BCUT2D eigenvalue weighted by Crippen LogP contribution is 2.15. The first-order chi connectivity index (χ1) is 9.16. The van der Waals surface area contributed by atoms with Crippen LogP contribution in [-0.2, 0) is 11.8 Å². The maximum absolute atomic E-state index is 11.8. The second-order valence-corrected chi connectivity index (χ2v) is 5.16. The molecule has 2 aromatic rings. The lowest BCUT2D eigenvalue weighted by molar-refractivity contribution is -0.119. The molecule has 1 aromatic carbocycles. The smallest absolute Gasteiger partial charge is 0.230 e. The first-order valence-electron chi connectivity index (χ1n) is 5.98. The van der Waals surface area contributed by atoms with Gasteiger partial charge in [-0.2, -0.15) is 0 Å². The lowest BCUT2D eigenvalue weighted by Crippen LogP contribution is -2.28. The number of rotatable bonds is 5. The first-order valence-corrected chi connectivity index (χ1v) is 6.96. The number of nitrogens with one attached hydrogen (secondary N) is 1. The van der Waals surface area contributed by atoms with Gasteiger partial charge >= 0.3 is 0 Å². The van der Waals surface area contributed by atoms with Gasteiger partial charge in [0.1, 0.15) is 6.33 Å². The Balaban J connectivity index is 1.83. The third kappa shape index (κ3) is 3.82. The van der Waals surface area contributed by atoms with Crippen molar-refractivity contribution in [1.82, 2.24) is 20.1 Å². The van der Waals surface area contributed by atoms with E-state index in [-0.39, 0.29) is 11.9 Å². The third-order valence-corrected chi connectivity index (χ3v) is 3.71. The number of benzene rings is 1. The Morgan fingerprint density at radius 3 is 2.79 bits per heavy atom. The molecule has 1 amide bonds. The second kappa shape index (κ2) is 6.38. The second-order valence-electron chi connectivity index (χ2n) is 4.21. The Hall–Kier alpha value is -1.82. The van der Waals surface area contributed by atoms with Crippen LogP contribution in [0.4, 0.5) is 0 Å². The zero-order valence-corrected chi connectivity index (χ0v) is 11.7. The molecule has 19 heavy (non-hydrogen) atoms. The van der Waals surface area contributed by atoms with E-state index < -0.39 is 0 Å². The fourth-order valence-corrected chi connectivity index (χ4v) is 2.34. The number of aryl methyl sites for hydroxylation is 1. The first kappa shape index (κ1) is 13.6. The van der Waals surface area contributed by atoms with E-state index in [1.54, 1.807) is 10.9 Å². The molecule has 0 saturated carbocycles. The Bertz CT molecular complexity index is 541. The number of amides is 1. The van der Waals surface area contributed by atoms with Crippen LogP contribution in [0.15, 0.2) is 41.8 Å². The van der Waals surface area contributed by atoms with Crippen LogP contribution in [0.1, 0.15) is 18.5 Å². The quantitative estimate of drug-likeness (QED) is 0.846. The van der Waals surface area contributed by atoms with Crippen molar-refractivity contribution in [3.05, 3.63) is 42.2 Å². The molecular formula is C13H16N4OS. The zero-order valence-electron chi connectivity index (χ0n) is 10.9. The molecule has 0 bridgehead atoms. The lowest BCUT2D eigenvalue weighted by Gasteiger charge is -2.13. The van der Waals surface area contributed by atoms with Crippen molar-refractivity contribution in [3.8, 4) is 0 Å². The van der Waals surface area contributed by atoms with E-state index in [1.165, 1.54) is 11.8 Å². The number of thioether (sulfide) groups is 1. The van der Waals surface area contributed by atoms with Gasteiger partial charge in [-0.15, -0.1) is 10.2 Å². The predicted molar refractivity (Wildman–Crippen MR) is 74.7 cm³/mol. The number of aromatic nitrogens is 3. The fourth-order valence-electron chi connectivity index (χ4n) is 1.64. The highest BCUT2D eigenvalue weighted by atomic mass is 32.2. The molecule has 100 valence electrons. The van der Waals surface area contributed by atoms with Gasteiger partial charge < -0.3 is 9.88 Å². The molecule has 1 N–H and O–H groups in total. The van der Waals surface area contributed by atoms with E-state index in [9.17, 15) is 4.79 Å². The molecule has 0 fully saturated rings. The van der Waals surface area contributed by atoms with Gasteiger partial charge in [0.2, 0.25) is 5.91 Å². The topological polar surface area (TPSA) is 59.8 Å². The lowest BCUT2D eigenvalue weighted by atomic mass is 10.1. The highest BCUT2D eigenvalue weighted by Gasteiger charge is 2.11. The summed E-state index contributed by atoms with van der Waals surface area (Å²) in [7, 11) is 1.85. The van der Waals surface area contributed by atoms with Gasteiger partial charge in [-0.1, -0.05) is 42.1 Å². The summed E-state index contributed by atoms with van der Waals surface area (Å²) in [6.45, 7) is 1.97. The van der Waals surface area contributed by atoms with E-state index in [4.69, 9.17) is 0 Å². The summed E-state index contributed by atoms with van der Waals surface area (Å²) in [5.41, 5.74) is 1.10. The Morgan fingerprint density at radius 1 is 1.42 bits per heavy atom. The number of carbonyl (C=O) groups is 1. The molecule has 1 aromatic heterocycles. The Morgan fingerprint density at radius 2 is 2.16 bits per heavy atom. The van der Waals surface area contributed by atoms with Crippen molar-refractivity contribution in [2.45, 2.75) is 18.1 Å². The number of carbonyl (C=O) groups excluding carboxylic acids is 1. The van der Waals surface area contributed by atoms with Crippen LogP contribution in [0.5, 0.6) is 0 Å². The summed E-state index contributed by atoms with van der Waals surface area (Å²) < 4.78 is 1.79. The number of nitrogens with zero attached hydrogens (tertiary/aromatic N) is 3.